The molecular formula is C28H29Br2N3O4S. The molecule has 0 spiro atoms. The molecule has 0 unspecified atom stereocenters. The fourth-order valence-corrected chi connectivity index (χ4v) is 6.61. The quantitative estimate of drug-likeness (QED) is 0.311. The Morgan fingerprint density at radius 3 is 2.58 bits per heavy atom. The molecule has 0 bridgehead atoms. The molecule has 0 saturated heterocycles. The number of carbonyl (C=O) groups excluding carboxylic acids is 1. The molecule has 200 valence electrons. The minimum atomic E-state index is -0.746. The second kappa shape index (κ2) is 12.0. The molecule has 2 heterocycles. The monoisotopic (exact) mass is 661 g/mol. The summed E-state index contributed by atoms with van der Waals surface area (Å²) in [5, 5.41) is 0. The van der Waals surface area contributed by atoms with Gasteiger partial charge >= 0.3 is 5.97 Å². The highest BCUT2D eigenvalue weighted by Crippen LogP contribution is 2.38. The molecule has 38 heavy (non-hydrogen) atoms. The zero-order valence-corrected chi connectivity index (χ0v) is 25.9. The van der Waals surface area contributed by atoms with Crippen molar-refractivity contribution in [2.45, 2.75) is 32.7 Å². The summed E-state index contributed by atoms with van der Waals surface area (Å²) in [6.07, 6.45) is 3.22. The molecule has 10 heteroatoms. The molecule has 0 radical (unpaired) electrons. The van der Waals surface area contributed by atoms with Crippen LogP contribution < -0.4 is 24.5 Å². The summed E-state index contributed by atoms with van der Waals surface area (Å²) in [6, 6.07) is 10.8. The summed E-state index contributed by atoms with van der Waals surface area (Å²) in [7, 11) is 5.53. The number of halogens is 2. The molecule has 0 N–H and O–H groups in total. The topological polar surface area (TPSA) is 73.1 Å². The number of aromatic nitrogens is 1. The van der Waals surface area contributed by atoms with Gasteiger partial charge in [0.05, 0.1) is 35.2 Å². The number of rotatable bonds is 8. The van der Waals surface area contributed by atoms with Gasteiger partial charge < -0.3 is 14.4 Å². The molecule has 0 fully saturated rings. The number of thiazole rings is 1. The van der Waals surface area contributed by atoms with E-state index < -0.39 is 12.0 Å². The summed E-state index contributed by atoms with van der Waals surface area (Å²) in [5.41, 5.74) is 3.35. The Bertz CT molecular complexity index is 1590. The molecule has 7 nitrogen and oxygen atoms in total. The lowest BCUT2D eigenvalue weighted by Gasteiger charge is -2.27. The van der Waals surface area contributed by atoms with Crippen LogP contribution in [0.2, 0.25) is 0 Å². The van der Waals surface area contributed by atoms with Gasteiger partial charge in [0.15, 0.2) is 4.80 Å². The Hall–Kier alpha value is -2.69. The molecule has 1 aliphatic rings. The van der Waals surface area contributed by atoms with Gasteiger partial charge in [0.2, 0.25) is 0 Å². The van der Waals surface area contributed by atoms with Crippen LogP contribution in [0, 0.1) is 0 Å². The summed E-state index contributed by atoms with van der Waals surface area (Å²) in [5.74, 6) is 0.0831. The number of allylic oxidation sites excluding steroid dienone is 1. The number of nitrogens with zero attached hydrogens (tertiary/aromatic N) is 3. The first-order chi connectivity index (χ1) is 18.2. The van der Waals surface area contributed by atoms with Crippen LogP contribution in [0.3, 0.4) is 0 Å². The van der Waals surface area contributed by atoms with Crippen molar-refractivity contribution >= 4 is 60.9 Å². The van der Waals surface area contributed by atoms with Crippen molar-refractivity contribution in [2.75, 3.05) is 32.7 Å². The van der Waals surface area contributed by atoms with Crippen molar-refractivity contribution in [1.82, 2.24) is 4.57 Å². The van der Waals surface area contributed by atoms with E-state index in [0.29, 0.717) is 38.3 Å². The first-order valence-electron chi connectivity index (χ1n) is 12.2. The third kappa shape index (κ3) is 5.53. The Morgan fingerprint density at radius 2 is 1.95 bits per heavy atom. The zero-order valence-electron chi connectivity index (χ0n) is 21.9. The minimum Gasteiger partial charge on any atom is -0.496 e. The second-order valence-electron chi connectivity index (χ2n) is 8.91. The molecule has 1 aromatic heterocycles. The molecule has 0 aliphatic carbocycles. The van der Waals surface area contributed by atoms with Crippen LogP contribution in [0.4, 0.5) is 5.69 Å². The first kappa shape index (κ1) is 28.3. The highest BCUT2D eigenvalue weighted by molar-refractivity contribution is 9.10. The molecule has 3 aromatic rings. The molecule has 2 aromatic carbocycles. The van der Waals surface area contributed by atoms with Crippen LogP contribution in [0.5, 0.6) is 5.75 Å². The van der Waals surface area contributed by atoms with Crippen molar-refractivity contribution in [3.63, 3.8) is 0 Å². The summed E-state index contributed by atoms with van der Waals surface area (Å²) >= 11 is 8.48. The Labute approximate surface area is 242 Å². The van der Waals surface area contributed by atoms with Gasteiger partial charge in [0, 0.05) is 28.6 Å². The lowest BCUT2D eigenvalue weighted by molar-refractivity contribution is -0.139. The van der Waals surface area contributed by atoms with Crippen molar-refractivity contribution in [1.29, 1.82) is 0 Å². The predicted molar refractivity (Wildman–Crippen MR) is 159 cm³/mol. The Balaban J connectivity index is 2.01. The zero-order chi connectivity index (χ0) is 27.6. The van der Waals surface area contributed by atoms with Gasteiger partial charge in [-0.25, -0.2) is 9.79 Å². The molecular weight excluding hydrogens is 634 g/mol. The van der Waals surface area contributed by atoms with Crippen LogP contribution in [-0.4, -0.2) is 38.3 Å². The van der Waals surface area contributed by atoms with Crippen LogP contribution in [0.1, 0.15) is 43.9 Å². The molecule has 0 saturated carbocycles. The summed E-state index contributed by atoms with van der Waals surface area (Å²) in [6.45, 7) is 4.01. The van der Waals surface area contributed by atoms with Gasteiger partial charge in [-0.3, -0.25) is 9.36 Å². The smallest absolute Gasteiger partial charge is 0.338 e. The fraction of sp³-hybridized carbons (Fsp3) is 0.321. The largest absolute Gasteiger partial charge is 0.496 e. The fourth-order valence-electron chi connectivity index (χ4n) is 4.46. The first-order valence-corrected chi connectivity index (χ1v) is 14.6. The van der Waals surface area contributed by atoms with E-state index in [1.54, 1.807) is 18.6 Å². The standard InChI is InChI=1S/C28H29Br2N3O4S/c1-6-8-20-24(27(35)37-7-2)25(18-15-17(29)10-12-22(18)36-5)33-26(34)23(38-28(33)31-20)14-16-9-11-21(32(3)4)19(30)13-16/h9-15,25H,6-8H2,1-5H3/b23-14+/t25-/m0/s1. The average Bonchev–Trinajstić information content (AvgIpc) is 3.17. The van der Waals surface area contributed by atoms with E-state index in [-0.39, 0.29) is 12.2 Å². The van der Waals surface area contributed by atoms with Gasteiger partial charge in [0.1, 0.15) is 11.8 Å². The molecule has 1 aliphatic heterocycles. The number of hydrogen-bond donors (Lipinski definition) is 0. The maximum Gasteiger partial charge on any atom is 0.338 e. The Kier molecular flexibility index (Phi) is 8.95. The van der Waals surface area contributed by atoms with Crippen molar-refractivity contribution < 1.29 is 14.3 Å². The van der Waals surface area contributed by atoms with E-state index in [1.807, 2.05) is 68.4 Å². The predicted octanol–water partition coefficient (Wildman–Crippen LogP) is 5.18. The van der Waals surface area contributed by atoms with Gasteiger partial charge in [-0.05, 0) is 71.2 Å². The maximum atomic E-state index is 14.0. The second-order valence-corrected chi connectivity index (χ2v) is 11.7. The van der Waals surface area contributed by atoms with Gasteiger partial charge in [-0.1, -0.05) is 46.7 Å². The number of benzene rings is 2. The number of hydrogen-bond acceptors (Lipinski definition) is 7. The molecule has 1 atom stereocenters. The SMILES string of the molecule is CCCC1=C(C(=O)OCC)[C@H](c2cc(Br)ccc2OC)n2c(s/c(=C/c3ccc(N(C)C)c(Br)c3)c2=O)=N1. The van der Waals surface area contributed by atoms with Crippen LogP contribution >= 0.6 is 43.2 Å². The van der Waals surface area contributed by atoms with E-state index >= 15 is 0 Å². The van der Waals surface area contributed by atoms with Crippen LogP contribution in [0.25, 0.3) is 6.08 Å². The van der Waals surface area contributed by atoms with E-state index in [1.165, 1.54) is 11.3 Å². The van der Waals surface area contributed by atoms with Gasteiger partial charge in [-0.2, -0.15) is 0 Å². The third-order valence-electron chi connectivity index (χ3n) is 6.13. The molecule has 4 rings (SSSR count). The van der Waals surface area contributed by atoms with Crippen molar-refractivity contribution in [3.8, 4) is 5.75 Å². The number of carbonyl (C=O) groups is 1. The maximum absolute atomic E-state index is 14.0. The number of fused-ring (bicyclic) bond motifs is 1. The van der Waals surface area contributed by atoms with Crippen LogP contribution in [-0.2, 0) is 9.53 Å². The van der Waals surface area contributed by atoms with E-state index in [9.17, 15) is 9.59 Å². The normalized spacial score (nSPS) is 15.2. The number of anilines is 1. The van der Waals surface area contributed by atoms with Crippen molar-refractivity contribution in [3.05, 3.63) is 87.4 Å². The van der Waals surface area contributed by atoms with Crippen molar-refractivity contribution in [2.24, 2.45) is 4.99 Å². The summed E-state index contributed by atoms with van der Waals surface area (Å²) < 4.78 is 15.0. The lowest BCUT2D eigenvalue weighted by atomic mass is 9.93. The number of ether oxygens (including phenoxy) is 2. The highest BCUT2D eigenvalue weighted by atomic mass is 79.9. The minimum absolute atomic E-state index is 0.215. The van der Waals surface area contributed by atoms with E-state index in [0.717, 1.165) is 26.6 Å². The number of esters is 1. The highest BCUT2D eigenvalue weighted by Gasteiger charge is 2.36. The van der Waals surface area contributed by atoms with Crippen LogP contribution in [0.15, 0.2) is 66.4 Å². The lowest BCUT2D eigenvalue weighted by Crippen LogP contribution is -2.40. The summed E-state index contributed by atoms with van der Waals surface area (Å²) in [4.78, 5) is 34.7. The van der Waals surface area contributed by atoms with E-state index in [2.05, 4.69) is 31.9 Å². The van der Waals surface area contributed by atoms with Gasteiger partial charge in [-0.15, -0.1) is 0 Å². The average molecular weight is 663 g/mol. The third-order valence-corrected chi connectivity index (χ3v) is 8.24. The van der Waals surface area contributed by atoms with Gasteiger partial charge in [0.25, 0.3) is 5.56 Å². The Morgan fingerprint density at radius 1 is 1.18 bits per heavy atom. The molecule has 0 amide bonds. The van der Waals surface area contributed by atoms with E-state index in [4.69, 9.17) is 14.5 Å². The number of methoxy groups -OCH3 is 1.